The molecule has 33 heavy (non-hydrogen) atoms. The molecule has 1 aliphatic rings. The summed E-state index contributed by atoms with van der Waals surface area (Å²) in [5.41, 5.74) is 1.82. The van der Waals surface area contributed by atoms with Gasteiger partial charge in [0, 0.05) is 23.6 Å². The van der Waals surface area contributed by atoms with Gasteiger partial charge in [0.2, 0.25) is 0 Å². The molecular weight excluding hydrogens is 418 g/mol. The third-order valence-electron chi connectivity index (χ3n) is 5.22. The van der Waals surface area contributed by atoms with E-state index in [1.54, 1.807) is 73.1 Å². The largest absolute Gasteiger partial charge is 0.507 e. The van der Waals surface area contributed by atoms with Crippen LogP contribution in [0.3, 0.4) is 0 Å². The number of aliphatic hydroxyl groups excluding tert-OH is 1. The summed E-state index contributed by atoms with van der Waals surface area (Å²) in [5, 5.41) is 20.3. The maximum Gasteiger partial charge on any atom is 0.300 e. The number of nitrogens with zero attached hydrogens (tertiary/aromatic N) is 3. The monoisotopic (exact) mass is 439 g/mol. The lowest BCUT2D eigenvalue weighted by molar-refractivity contribution is -0.132. The summed E-state index contributed by atoms with van der Waals surface area (Å²) in [7, 11) is 0. The Morgan fingerprint density at radius 3 is 2.42 bits per heavy atom. The second-order valence-electron chi connectivity index (χ2n) is 7.80. The summed E-state index contributed by atoms with van der Waals surface area (Å²) in [5.74, 6) is -1.32. The Bertz CT molecular complexity index is 1270. The highest BCUT2D eigenvalue weighted by atomic mass is 16.5. The number of anilines is 1. The number of aromatic nitrogens is 1. The predicted molar refractivity (Wildman–Crippen MR) is 122 cm³/mol. The highest BCUT2D eigenvalue weighted by Gasteiger charge is 2.47. The molecule has 7 nitrogen and oxygen atoms in total. The summed E-state index contributed by atoms with van der Waals surface area (Å²) < 4.78 is 5.71. The molecule has 0 bridgehead atoms. The van der Waals surface area contributed by atoms with Crippen molar-refractivity contribution in [2.24, 2.45) is 0 Å². The van der Waals surface area contributed by atoms with Crippen molar-refractivity contribution in [2.45, 2.75) is 26.0 Å². The number of nitriles is 1. The van der Waals surface area contributed by atoms with Crippen LogP contribution in [0, 0.1) is 11.3 Å². The number of Topliss-reactive ketones (excluding diaryl/α,β-unsaturated/α-hetero) is 1. The Kier molecular flexibility index (Phi) is 5.92. The maximum absolute atomic E-state index is 13.2. The third-order valence-corrected chi connectivity index (χ3v) is 5.22. The van der Waals surface area contributed by atoms with Gasteiger partial charge in [0.05, 0.1) is 29.4 Å². The van der Waals surface area contributed by atoms with E-state index in [1.807, 2.05) is 19.9 Å². The van der Waals surface area contributed by atoms with Crippen molar-refractivity contribution in [1.82, 2.24) is 4.98 Å². The third kappa shape index (κ3) is 4.19. The molecule has 7 heteroatoms. The minimum absolute atomic E-state index is 0.0303. The fourth-order valence-corrected chi connectivity index (χ4v) is 3.80. The molecule has 0 aliphatic carbocycles. The molecule has 1 saturated heterocycles. The fourth-order valence-electron chi connectivity index (χ4n) is 3.80. The van der Waals surface area contributed by atoms with Gasteiger partial charge in [-0.15, -0.1) is 0 Å². The molecule has 0 radical (unpaired) electrons. The van der Waals surface area contributed by atoms with Crippen LogP contribution < -0.4 is 9.64 Å². The quantitative estimate of drug-likeness (QED) is 0.360. The molecule has 1 unspecified atom stereocenters. The van der Waals surface area contributed by atoms with Crippen molar-refractivity contribution in [3.05, 3.63) is 95.3 Å². The van der Waals surface area contributed by atoms with E-state index in [0.717, 1.165) is 0 Å². The van der Waals surface area contributed by atoms with Gasteiger partial charge in [-0.3, -0.25) is 19.5 Å². The first-order chi connectivity index (χ1) is 15.9. The van der Waals surface area contributed by atoms with E-state index in [9.17, 15) is 14.7 Å². The number of aliphatic hydroxyl groups is 1. The Balaban J connectivity index is 1.88. The SMILES string of the molecule is CC(C)Oc1cccc(/C(O)=C2/C(=O)C(=O)N(c3ccc(C#N)cc3)C2c2ccncc2)c1. The summed E-state index contributed by atoms with van der Waals surface area (Å²) in [6.07, 6.45) is 3.05. The van der Waals surface area contributed by atoms with Gasteiger partial charge in [-0.05, 0) is 67.9 Å². The molecule has 3 aromatic rings. The Labute approximate surface area is 191 Å². The summed E-state index contributed by atoms with van der Waals surface area (Å²) in [6, 6.07) is 17.7. The highest BCUT2D eigenvalue weighted by Crippen LogP contribution is 2.42. The van der Waals surface area contributed by atoms with E-state index in [1.165, 1.54) is 4.90 Å². The van der Waals surface area contributed by atoms with Crippen LogP contribution in [-0.4, -0.2) is 27.9 Å². The molecule has 1 fully saturated rings. The number of hydrogen-bond donors (Lipinski definition) is 1. The molecule has 4 rings (SSSR count). The number of benzene rings is 2. The van der Waals surface area contributed by atoms with Gasteiger partial charge in [0.25, 0.3) is 11.7 Å². The molecule has 0 spiro atoms. The van der Waals surface area contributed by atoms with Crippen LogP contribution in [0.1, 0.15) is 36.6 Å². The maximum atomic E-state index is 13.2. The van der Waals surface area contributed by atoms with E-state index in [2.05, 4.69) is 4.98 Å². The lowest BCUT2D eigenvalue weighted by atomic mass is 9.95. The number of ether oxygens (including phenoxy) is 1. The lowest BCUT2D eigenvalue weighted by Crippen LogP contribution is -2.29. The molecule has 1 N–H and O–H groups in total. The van der Waals surface area contributed by atoms with Gasteiger partial charge >= 0.3 is 0 Å². The molecule has 2 heterocycles. The van der Waals surface area contributed by atoms with Crippen LogP contribution in [0.5, 0.6) is 5.75 Å². The van der Waals surface area contributed by atoms with Gasteiger partial charge in [-0.1, -0.05) is 12.1 Å². The molecule has 1 aliphatic heterocycles. The molecule has 2 aromatic carbocycles. The Morgan fingerprint density at radius 1 is 1.09 bits per heavy atom. The molecule has 0 saturated carbocycles. The van der Waals surface area contributed by atoms with E-state index in [0.29, 0.717) is 28.1 Å². The minimum atomic E-state index is -0.865. The summed E-state index contributed by atoms with van der Waals surface area (Å²) >= 11 is 0. The van der Waals surface area contributed by atoms with Gasteiger partial charge in [-0.2, -0.15) is 5.26 Å². The van der Waals surface area contributed by atoms with Gasteiger partial charge in [-0.25, -0.2) is 0 Å². The zero-order valence-electron chi connectivity index (χ0n) is 18.1. The Morgan fingerprint density at radius 2 is 1.79 bits per heavy atom. The first-order valence-corrected chi connectivity index (χ1v) is 10.4. The van der Waals surface area contributed by atoms with Crippen molar-refractivity contribution in [3.63, 3.8) is 0 Å². The summed E-state index contributed by atoms with van der Waals surface area (Å²) in [4.78, 5) is 31.6. The van der Waals surface area contributed by atoms with Crippen LogP contribution in [0.2, 0.25) is 0 Å². The van der Waals surface area contributed by atoms with Crippen molar-refractivity contribution < 1.29 is 19.4 Å². The molecular formula is C26H21N3O4. The van der Waals surface area contributed by atoms with E-state index in [-0.39, 0.29) is 17.4 Å². The zero-order chi connectivity index (χ0) is 23.5. The Hall–Kier alpha value is -4.44. The van der Waals surface area contributed by atoms with Crippen molar-refractivity contribution in [1.29, 1.82) is 5.26 Å². The van der Waals surface area contributed by atoms with Crippen LogP contribution in [0.4, 0.5) is 5.69 Å². The zero-order valence-corrected chi connectivity index (χ0v) is 18.1. The van der Waals surface area contributed by atoms with E-state index >= 15 is 0 Å². The van der Waals surface area contributed by atoms with Gasteiger partial charge in [0.15, 0.2) is 0 Å². The minimum Gasteiger partial charge on any atom is -0.507 e. The number of ketones is 1. The standard InChI is InChI=1S/C26H21N3O4/c1-16(2)33-21-5-3-4-19(14-21)24(30)22-23(18-10-12-28-13-11-18)29(26(32)25(22)31)20-8-6-17(15-27)7-9-20/h3-14,16,23,30H,1-2H3/b24-22-. The average molecular weight is 439 g/mol. The number of pyridine rings is 1. The van der Waals surface area contributed by atoms with E-state index in [4.69, 9.17) is 10.00 Å². The fraction of sp³-hybridized carbons (Fsp3) is 0.154. The number of hydrogen-bond acceptors (Lipinski definition) is 6. The predicted octanol–water partition coefficient (Wildman–Crippen LogP) is 4.37. The topological polar surface area (TPSA) is 104 Å². The normalized spacial score (nSPS) is 17.3. The number of rotatable bonds is 5. The second-order valence-corrected chi connectivity index (χ2v) is 7.80. The van der Waals surface area contributed by atoms with Crippen molar-refractivity contribution in [3.8, 4) is 11.8 Å². The first-order valence-electron chi connectivity index (χ1n) is 10.4. The molecule has 1 atom stereocenters. The van der Waals surface area contributed by atoms with E-state index < -0.39 is 17.7 Å². The van der Waals surface area contributed by atoms with Crippen LogP contribution >= 0.6 is 0 Å². The lowest BCUT2D eigenvalue weighted by Gasteiger charge is -2.25. The molecule has 1 amide bonds. The molecule has 164 valence electrons. The first kappa shape index (κ1) is 21.8. The number of carbonyl (C=O) groups is 2. The highest BCUT2D eigenvalue weighted by molar-refractivity contribution is 6.51. The average Bonchev–Trinajstić information content (AvgIpc) is 3.09. The second kappa shape index (κ2) is 8.97. The summed E-state index contributed by atoms with van der Waals surface area (Å²) in [6.45, 7) is 3.78. The van der Waals surface area contributed by atoms with Crippen LogP contribution in [-0.2, 0) is 9.59 Å². The number of carbonyl (C=O) groups excluding carboxylic acids is 2. The smallest absolute Gasteiger partial charge is 0.300 e. The van der Waals surface area contributed by atoms with Crippen LogP contribution in [0.25, 0.3) is 5.76 Å². The molecule has 1 aromatic heterocycles. The van der Waals surface area contributed by atoms with Crippen LogP contribution in [0.15, 0.2) is 78.6 Å². The number of amides is 1. The van der Waals surface area contributed by atoms with Crippen molar-refractivity contribution >= 4 is 23.1 Å². The van der Waals surface area contributed by atoms with Crippen molar-refractivity contribution in [2.75, 3.05) is 4.90 Å². The van der Waals surface area contributed by atoms with Gasteiger partial charge in [0.1, 0.15) is 11.5 Å². The van der Waals surface area contributed by atoms with Gasteiger partial charge < -0.3 is 9.84 Å².